The Morgan fingerprint density at radius 3 is 2.45 bits per heavy atom. The van der Waals surface area contributed by atoms with E-state index in [1.54, 1.807) is 19.2 Å². The predicted molar refractivity (Wildman–Crippen MR) is 80.9 cm³/mol. The summed E-state index contributed by atoms with van der Waals surface area (Å²) in [7, 11) is 1.69. The first-order valence-corrected chi connectivity index (χ1v) is 6.55. The molecule has 102 valence electrons. The fourth-order valence-electron chi connectivity index (χ4n) is 2.14. The number of hydrogen-bond acceptors (Lipinski definition) is 3. The molecule has 0 aromatic heterocycles. The van der Waals surface area contributed by atoms with Crippen molar-refractivity contribution < 1.29 is 4.74 Å². The number of aryl methyl sites for hydroxylation is 1. The molecule has 0 aliphatic rings. The van der Waals surface area contributed by atoms with E-state index in [1.807, 2.05) is 25.1 Å². The fourth-order valence-corrected chi connectivity index (χ4v) is 2.14. The van der Waals surface area contributed by atoms with Crippen molar-refractivity contribution in [3.8, 4) is 11.8 Å². The van der Waals surface area contributed by atoms with Crippen molar-refractivity contribution >= 4 is 5.69 Å². The Labute approximate surface area is 119 Å². The molecule has 1 unspecified atom stereocenters. The van der Waals surface area contributed by atoms with Crippen LogP contribution in [-0.4, -0.2) is 7.11 Å². The molecule has 0 fully saturated rings. The van der Waals surface area contributed by atoms with Gasteiger partial charge in [0.1, 0.15) is 5.75 Å². The van der Waals surface area contributed by atoms with Crippen molar-refractivity contribution in [3.05, 3.63) is 59.2 Å². The van der Waals surface area contributed by atoms with Gasteiger partial charge in [-0.1, -0.05) is 12.1 Å². The van der Waals surface area contributed by atoms with Gasteiger partial charge in [0, 0.05) is 11.3 Å². The molecule has 1 N–H and O–H groups in total. The van der Waals surface area contributed by atoms with Gasteiger partial charge in [0.15, 0.2) is 0 Å². The van der Waals surface area contributed by atoms with Gasteiger partial charge in [0.05, 0.1) is 24.8 Å². The number of nitrogens with zero attached hydrogens (tertiary/aromatic N) is 1. The van der Waals surface area contributed by atoms with Crippen LogP contribution in [0, 0.1) is 18.3 Å². The molecule has 0 amide bonds. The number of anilines is 1. The Kier molecular flexibility index (Phi) is 4.27. The largest absolute Gasteiger partial charge is 0.496 e. The highest BCUT2D eigenvalue weighted by atomic mass is 16.5. The highest BCUT2D eigenvalue weighted by molar-refractivity contribution is 5.50. The third-order valence-corrected chi connectivity index (χ3v) is 3.25. The van der Waals surface area contributed by atoms with Crippen LogP contribution in [0.3, 0.4) is 0 Å². The van der Waals surface area contributed by atoms with Gasteiger partial charge in [0.2, 0.25) is 0 Å². The molecule has 20 heavy (non-hydrogen) atoms. The van der Waals surface area contributed by atoms with Crippen LogP contribution in [0.5, 0.6) is 5.75 Å². The van der Waals surface area contributed by atoms with Crippen LogP contribution >= 0.6 is 0 Å². The molecule has 3 nitrogen and oxygen atoms in total. The lowest BCUT2D eigenvalue weighted by Gasteiger charge is -2.19. The lowest BCUT2D eigenvalue weighted by atomic mass is 10.0. The SMILES string of the molecule is COc1cc(C)ccc1C(C)Nc1ccc(C#N)cc1. The summed E-state index contributed by atoms with van der Waals surface area (Å²) in [5, 5.41) is 12.2. The van der Waals surface area contributed by atoms with Gasteiger partial charge < -0.3 is 10.1 Å². The molecule has 3 heteroatoms. The van der Waals surface area contributed by atoms with Crippen LogP contribution in [0.25, 0.3) is 0 Å². The third-order valence-electron chi connectivity index (χ3n) is 3.25. The molecule has 1 atom stereocenters. The van der Waals surface area contributed by atoms with E-state index in [0.717, 1.165) is 17.0 Å². The molecule has 0 spiro atoms. The Morgan fingerprint density at radius 1 is 1.15 bits per heavy atom. The van der Waals surface area contributed by atoms with E-state index >= 15 is 0 Å². The maximum Gasteiger partial charge on any atom is 0.124 e. The zero-order valence-electron chi connectivity index (χ0n) is 12.0. The number of methoxy groups -OCH3 is 1. The third kappa shape index (κ3) is 3.10. The quantitative estimate of drug-likeness (QED) is 0.908. The van der Waals surface area contributed by atoms with Crippen molar-refractivity contribution in [1.82, 2.24) is 0 Å². The molecule has 0 bridgehead atoms. The van der Waals surface area contributed by atoms with Crippen LogP contribution < -0.4 is 10.1 Å². The van der Waals surface area contributed by atoms with Crippen molar-refractivity contribution in [2.75, 3.05) is 12.4 Å². The van der Waals surface area contributed by atoms with Crippen LogP contribution in [0.2, 0.25) is 0 Å². The maximum atomic E-state index is 8.80. The molecule has 0 saturated heterocycles. The average Bonchev–Trinajstić information content (AvgIpc) is 2.47. The minimum absolute atomic E-state index is 0.124. The number of hydrogen-bond donors (Lipinski definition) is 1. The van der Waals surface area contributed by atoms with Gasteiger partial charge in [-0.3, -0.25) is 0 Å². The molecule has 0 radical (unpaired) electrons. The molecular formula is C17H18N2O. The molecule has 2 aromatic rings. The van der Waals surface area contributed by atoms with Crippen molar-refractivity contribution in [2.45, 2.75) is 19.9 Å². The van der Waals surface area contributed by atoms with E-state index < -0.39 is 0 Å². The molecule has 2 rings (SSSR count). The summed E-state index contributed by atoms with van der Waals surface area (Å²) in [5.74, 6) is 0.888. The fraction of sp³-hybridized carbons (Fsp3) is 0.235. The van der Waals surface area contributed by atoms with E-state index in [2.05, 4.69) is 30.4 Å². The Hall–Kier alpha value is -2.47. The zero-order chi connectivity index (χ0) is 14.5. The Bertz CT molecular complexity index is 626. The van der Waals surface area contributed by atoms with Crippen molar-refractivity contribution in [2.24, 2.45) is 0 Å². The van der Waals surface area contributed by atoms with Crippen molar-refractivity contribution in [3.63, 3.8) is 0 Å². The minimum Gasteiger partial charge on any atom is -0.496 e. The summed E-state index contributed by atoms with van der Waals surface area (Å²) in [6, 6.07) is 15.9. The van der Waals surface area contributed by atoms with Crippen LogP contribution in [0.15, 0.2) is 42.5 Å². The number of nitrogens with one attached hydrogen (secondary N) is 1. The highest BCUT2D eigenvalue weighted by Gasteiger charge is 2.11. The van der Waals surface area contributed by atoms with Crippen LogP contribution in [0.1, 0.15) is 29.7 Å². The first-order chi connectivity index (χ1) is 9.63. The van der Waals surface area contributed by atoms with E-state index in [0.29, 0.717) is 5.56 Å². The molecule has 0 aliphatic carbocycles. The minimum atomic E-state index is 0.124. The van der Waals surface area contributed by atoms with Gasteiger partial charge in [-0.2, -0.15) is 5.26 Å². The van der Waals surface area contributed by atoms with Gasteiger partial charge in [0.25, 0.3) is 0 Å². The molecule has 0 saturated carbocycles. The lowest BCUT2D eigenvalue weighted by molar-refractivity contribution is 0.407. The van der Waals surface area contributed by atoms with Gasteiger partial charge in [-0.15, -0.1) is 0 Å². The van der Waals surface area contributed by atoms with Gasteiger partial charge >= 0.3 is 0 Å². The Morgan fingerprint density at radius 2 is 1.85 bits per heavy atom. The van der Waals surface area contributed by atoms with Gasteiger partial charge in [-0.05, 0) is 49.7 Å². The number of nitriles is 1. The number of ether oxygens (including phenoxy) is 1. The molecular weight excluding hydrogens is 248 g/mol. The maximum absolute atomic E-state index is 8.80. The van der Waals surface area contributed by atoms with E-state index in [9.17, 15) is 0 Å². The average molecular weight is 266 g/mol. The summed E-state index contributed by atoms with van der Waals surface area (Å²) in [6.45, 7) is 4.14. The van der Waals surface area contributed by atoms with E-state index in [-0.39, 0.29) is 6.04 Å². The first kappa shape index (κ1) is 14.0. The normalized spacial score (nSPS) is 11.5. The van der Waals surface area contributed by atoms with Crippen molar-refractivity contribution in [1.29, 1.82) is 5.26 Å². The monoisotopic (exact) mass is 266 g/mol. The lowest BCUT2D eigenvalue weighted by Crippen LogP contribution is -2.08. The number of benzene rings is 2. The Balaban J connectivity index is 2.19. The summed E-state index contributed by atoms with van der Waals surface area (Å²) < 4.78 is 5.44. The van der Waals surface area contributed by atoms with E-state index in [1.165, 1.54) is 5.56 Å². The molecule has 0 heterocycles. The molecule has 2 aromatic carbocycles. The smallest absolute Gasteiger partial charge is 0.124 e. The summed E-state index contributed by atoms with van der Waals surface area (Å²) in [4.78, 5) is 0. The van der Waals surface area contributed by atoms with Crippen LogP contribution in [-0.2, 0) is 0 Å². The first-order valence-electron chi connectivity index (χ1n) is 6.55. The second kappa shape index (κ2) is 6.12. The topological polar surface area (TPSA) is 45.0 Å². The molecule has 0 aliphatic heterocycles. The number of rotatable bonds is 4. The summed E-state index contributed by atoms with van der Waals surface area (Å²) >= 11 is 0. The predicted octanol–water partition coefficient (Wildman–Crippen LogP) is 4.05. The zero-order valence-corrected chi connectivity index (χ0v) is 12.0. The second-order valence-corrected chi connectivity index (χ2v) is 4.80. The standard InChI is InChI=1S/C17H18N2O/c1-12-4-9-16(17(10-12)20-3)13(2)19-15-7-5-14(11-18)6-8-15/h4-10,13,19H,1-3H3. The van der Waals surface area contributed by atoms with E-state index in [4.69, 9.17) is 10.00 Å². The highest BCUT2D eigenvalue weighted by Crippen LogP contribution is 2.28. The summed E-state index contributed by atoms with van der Waals surface area (Å²) in [6.07, 6.45) is 0. The van der Waals surface area contributed by atoms with Gasteiger partial charge in [-0.25, -0.2) is 0 Å². The van der Waals surface area contributed by atoms with Crippen LogP contribution in [0.4, 0.5) is 5.69 Å². The summed E-state index contributed by atoms with van der Waals surface area (Å²) in [5.41, 5.74) is 3.94. The second-order valence-electron chi connectivity index (χ2n) is 4.80.